The zero-order valence-electron chi connectivity index (χ0n) is 11.5. The van der Waals surface area contributed by atoms with Crippen molar-refractivity contribution in [3.8, 4) is 5.75 Å². The van der Waals surface area contributed by atoms with Crippen LogP contribution in [-0.2, 0) is 0 Å². The molecule has 0 radical (unpaired) electrons. The minimum atomic E-state index is 0.691. The molecule has 0 amide bonds. The Kier molecular flexibility index (Phi) is 3.80. The Hall–Kier alpha value is -2.36. The fraction of sp³-hybridized carbons (Fsp3) is 0.200. The van der Waals surface area contributed by atoms with E-state index in [-0.39, 0.29) is 0 Å². The van der Waals surface area contributed by atoms with Gasteiger partial charge in [0, 0.05) is 31.5 Å². The fourth-order valence-corrected chi connectivity index (χ4v) is 1.79. The second-order valence-corrected chi connectivity index (χ2v) is 4.52. The van der Waals surface area contributed by atoms with Gasteiger partial charge in [0.15, 0.2) is 0 Å². The van der Waals surface area contributed by atoms with E-state index >= 15 is 0 Å². The van der Waals surface area contributed by atoms with Crippen LogP contribution >= 0.6 is 0 Å². The average Bonchev–Trinajstić information content (AvgIpc) is 2.41. The molecule has 2 aromatic rings. The van der Waals surface area contributed by atoms with E-state index in [1.54, 1.807) is 7.11 Å². The van der Waals surface area contributed by atoms with Crippen LogP contribution in [0, 0.1) is 0 Å². The van der Waals surface area contributed by atoms with Crippen LogP contribution in [0.1, 0.15) is 0 Å². The zero-order valence-corrected chi connectivity index (χ0v) is 11.5. The largest absolute Gasteiger partial charge is 0.497 e. The fourth-order valence-electron chi connectivity index (χ4n) is 1.79. The maximum absolute atomic E-state index is 5.96. The van der Waals surface area contributed by atoms with Gasteiger partial charge in [0.25, 0.3) is 0 Å². The number of nitrogens with two attached hydrogens (primary N) is 1. The molecule has 0 aromatic heterocycles. The number of hydrogen-bond acceptors (Lipinski definition) is 4. The molecule has 3 N–H and O–H groups in total. The minimum absolute atomic E-state index is 0.691. The van der Waals surface area contributed by atoms with E-state index in [1.807, 2.05) is 44.4 Å². The van der Waals surface area contributed by atoms with Crippen molar-refractivity contribution in [3.63, 3.8) is 0 Å². The maximum atomic E-state index is 5.96. The van der Waals surface area contributed by atoms with Crippen molar-refractivity contribution in [3.05, 3.63) is 42.5 Å². The highest BCUT2D eigenvalue weighted by molar-refractivity contribution is 5.75. The number of anilines is 4. The topological polar surface area (TPSA) is 50.5 Å². The van der Waals surface area contributed by atoms with E-state index < -0.39 is 0 Å². The van der Waals surface area contributed by atoms with Crippen LogP contribution in [0.5, 0.6) is 5.75 Å². The first-order valence-electron chi connectivity index (χ1n) is 6.08. The number of nitrogens with zero attached hydrogens (tertiary/aromatic N) is 1. The normalized spacial score (nSPS) is 10.1. The molecule has 0 aliphatic rings. The molecule has 100 valence electrons. The number of methoxy groups -OCH3 is 1. The lowest BCUT2D eigenvalue weighted by atomic mass is 10.2. The molecule has 0 aliphatic carbocycles. The Labute approximate surface area is 113 Å². The molecule has 0 spiro atoms. The van der Waals surface area contributed by atoms with Crippen LogP contribution in [0.4, 0.5) is 22.7 Å². The summed E-state index contributed by atoms with van der Waals surface area (Å²) >= 11 is 0. The van der Waals surface area contributed by atoms with Crippen molar-refractivity contribution in [2.24, 2.45) is 0 Å². The van der Waals surface area contributed by atoms with Crippen molar-refractivity contribution in [2.75, 3.05) is 37.2 Å². The molecule has 0 unspecified atom stereocenters. The van der Waals surface area contributed by atoms with E-state index in [0.29, 0.717) is 5.69 Å². The first-order chi connectivity index (χ1) is 9.10. The lowest BCUT2D eigenvalue weighted by molar-refractivity contribution is 0.415. The van der Waals surface area contributed by atoms with Crippen LogP contribution < -0.4 is 20.7 Å². The maximum Gasteiger partial charge on any atom is 0.121 e. The number of ether oxygens (including phenoxy) is 1. The Morgan fingerprint density at radius 2 is 1.89 bits per heavy atom. The molecule has 0 saturated carbocycles. The van der Waals surface area contributed by atoms with E-state index in [4.69, 9.17) is 10.5 Å². The first kappa shape index (κ1) is 13.1. The van der Waals surface area contributed by atoms with Gasteiger partial charge in [-0.3, -0.25) is 0 Å². The zero-order chi connectivity index (χ0) is 13.8. The van der Waals surface area contributed by atoms with Crippen molar-refractivity contribution in [2.45, 2.75) is 0 Å². The molecule has 0 saturated heterocycles. The van der Waals surface area contributed by atoms with Gasteiger partial charge in [-0.2, -0.15) is 0 Å². The van der Waals surface area contributed by atoms with Crippen LogP contribution in [0.25, 0.3) is 0 Å². The third-order valence-electron chi connectivity index (χ3n) is 2.90. The molecule has 2 aromatic carbocycles. The summed E-state index contributed by atoms with van der Waals surface area (Å²) in [4.78, 5) is 2.06. The number of nitrogen functional groups attached to an aromatic ring is 1. The molecule has 0 fully saturated rings. The summed E-state index contributed by atoms with van der Waals surface area (Å²) in [5, 5.41) is 3.31. The van der Waals surface area contributed by atoms with Gasteiger partial charge in [-0.25, -0.2) is 0 Å². The van der Waals surface area contributed by atoms with Crippen molar-refractivity contribution in [1.82, 2.24) is 0 Å². The summed E-state index contributed by atoms with van der Waals surface area (Å²) in [6.07, 6.45) is 0. The van der Waals surface area contributed by atoms with Gasteiger partial charge in [0.1, 0.15) is 5.75 Å². The highest BCUT2D eigenvalue weighted by Gasteiger charge is 2.03. The molecule has 0 aliphatic heterocycles. The second-order valence-electron chi connectivity index (χ2n) is 4.52. The van der Waals surface area contributed by atoms with Gasteiger partial charge in [-0.1, -0.05) is 6.07 Å². The Bertz CT molecular complexity index is 567. The summed E-state index contributed by atoms with van der Waals surface area (Å²) in [6, 6.07) is 13.7. The minimum Gasteiger partial charge on any atom is -0.497 e. The Balaban J connectivity index is 2.28. The van der Waals surface area contributed by atoms with Crippen LogP contribution in [0.3, 0.4) is 0 Å². The summed E-state index contributed by atoms with van der Waals surface area (Å²) in [5.74, 6) is 0.778. The molecule has 2 rings (SSSR count). The number of nitrogens with one attached hydrogen (secondary N) is 1. The summed E-state index contributed by atoms with van der Waals surface area (Å²) in [5.41, 5.74) is 9.62. The number of rotatable bonds is 4. The Morgan fingerprint density at radius 3 is 2.58 bits per heavy atom. The van der Waals surface area contributed by atoms with Crippen LogP contribution in [-0.4, -0.2) is 21.2 Å². The SMILES string of the molecule is COc1ccc(N)c(Nc2cccc(N(C)C)c2)c1. The first-order valence-corrected chi connectivity index (χ1v) is 6.08. The quantitative estimate of drug-likeness (QED) is 0.826. The summed E-state index contributed by atoms with van der Waals surface area (Å²) in [6.45, 7) is 0. The summed E-state index contributed by atoms with van der Waals surface area (Å²) in [7, 11) is 5.67. The van der Waals surface area contributed by atoms with Crippen molar-refractivity contribution >= 4 is 22.7 Å². The molecule has 4 nitrogen and oxygen atoms in total. The number of hydrogen-bond donors (Lipinski definition) is 2. The highest BCUT2D eigenvalue weighted by atomic mass is 16.5. The van der Waals surface area contributed by atoms with Gasteiger partial charge in [0.05, 0.1) is 18.5 Å². The van der Waals surface area contributed by atoms with E-state index in [2.05, 4.69) is 22.3 Å². The van der Waals surface area contributed by atoms with Crippen molar-refractivity contribution < 1.29 is 4.74 Å². The second kappa shape index (κ2) is 5.52. The molecule has 0 atom stereocenters. The molecular formula is C15H19N3O. The predicted octanol–water partition coefficient (Wildman–Crippen LogP) is 3.09. The van der Waals surface area contributed by atoms with Crippen LogP contribution in [0.2, 0.25) is 0 Å². The molecular weight excluding hydrogens is 238 g/mol. The van der Waals surface area contributed by atoms with Crippen LogP contribution in [0.15, 0.2) is 42.5 Å². The van der Waals surface area contributed by atoms with Gasteiger partial charge in [-0.05, 0) is 30.3 Å². The van der Waals surface area contributed by atoms with E-state index in [0.717, 1.165) is 22.8 Å². The highest BCUT2D eigenvalue weighted by Crippen LogP contribution is 2.28. The molecule has 0 bridgehead atoms. The van der Waals surface area contributed by atoms with Gasteiger partial charge in [-0.15, -0.1) is 0 Å². The molecule has 19 heavy (non-hydrogen) atoms. The van der Waals surface area contributed by atoms with Gasteiger partial charge < -0.3 is 20.7 Å². The Morgan fingerprint density at radius 1 is 1.11 bits per heavy atom. The molecule has 4 heteroatoms. The average molecular weight is 257 g/mol. The number of benzene rings is 2. The smallest absolute Gasteiger partial charge is 0.121 e. The lowest BCUT2D eigenvalue weighted by Gasteiger charge is -2.15. The van der Waals surface area contributed by atoms with Crippen molar-refractivity contribution in [1.29, 1.82) is 0 Å². The van der Waals surface area contributed by atoms with E-state index in [9.17, 15) is 0 Å². The monoisotopic (exact) mass is 257 g/mol. The van der Waals surface area contributed by atoms with E-state index in [1.165, 1.54) is 0 Å². The predicted molar refractivity (Wildman–Crippen MR) is 81.5 cm³/mol. The third-order valence-corrected chi connectivity index (χ3v) is 2.90. The summed E-state index contributed by atoms with van der Waals surface area (Å²) < 4.78 is 5.21. The third kappa shape index (κ3) is 3.10. The van der Waals surface area contributed by atoms with Gasteiger partial charge >= 0.3 is 0 Å². The molecule has 0 heterocycles. The van der Waals surface area contributed by atoms with Gasteiger partial charge in [0.2, 0.25) is 0 Å². The lowest BCUT2D eigenvalue weighted by Crippen LogP contribution is -2.08. The standard InChI is InChI=1S/C15H19N3O/c1-18(2)12-6-4-5-11(9-12)17-15-10-13(19-3)7-8-14(15)16/h4-10,17H,16H2,1-3H3.